The zero-order chi connectivity index (χ0) is 23.5. The SMILES string of the molecule is CCn1c(SCc2nnc(-c3c(-c4ccccc4)noc3C)o2)nnc1-c1ccc(OC)cc1. The molecule has 0 N–H and O–H groups in total. The van der Waals surface area contributed by atoms with Gasteiger partial charge in [0, 0.05) is 17.7 Å². The molecule has 0 atom stereocenters. The maximum Gasteiger partial charge on any atom is 0.253 e. The van der Waals surface area contributed by atoms with Crippen LogP contribution in [0.4, 0.5) is 0 Å². The standard InChI is InChI=1S/C24H22N6O3S/c1-4-30-22(17-10-12-18(31-3)13-11-17)26-28-24(30)34-14-19-25-27-23(32-19)20-15(2)33-29-21(20)16-8-6-5-7-9-16/h5-13H,4,14H2,1-3H3. The number of hydrogen-bond donors (Lipinski definition) is 0. The number of rotatable bonds is 8. The molecule has 34 heavy (non-hydrogen) atoms. The maximum atomic E-state index is 5.97. The normalized spacial score (nSPS) is 11.1. The van der Waals surface area contributed by atoms with Crippen molar-refractivity contribution in [1.82, 2.24) is 30.1 Å². The third-order valence-corrected chi connectivity index (χ3v) is 6.25. The molecule has 0 fully saturated rings. The first-order chi connectivity index (χ1) is 16.7. The molecule has 0 aliphatic rings. The number of aryl methyl sites for hydroxylation is 1. The van der Waals surface area contributed by atoms with Gasteiger partial charge in [0.15, 0.2) is 11.0 Å². The van der Waals surface area contributed by atoms with Crippen LogP contribution in [0, 0.1) is 6.92 Å². The smallest absolute Gasteiger partial charge is 0.253 e. The van der Waals surface area contributed by atoms with Crippen LogP contribution in [0.3, 0.4) is 0 Å². The lowest BCUT2D eigenvalue weighted by molar-refractivity contribution is 0.399. The molecule has 0 radical (unpaired) electrons. The molecule has 0 saturated carbocycles. The highest BCUT2D eigenvalue weighted by atomic mass is 32.2. The van der Waals surface area contributed by atoms with Gasteiger partial charge in [-0.25, -0.2) is 0 Å². The van der Waals surface area contributed by atoms with E-state index in [0.29, 0.717) is 34.6 Å². The van der Waals surface area contributed by atoms with Crippen molar-refractivity contribution in [3.05, 3.63) is 66.2 Å². The predicted octanol–water partition coefficient (Wildman–Crippen LogP) is 5.28. The summed E-state index contributed by atoms with van der Waals surface area (Å²) >= 11 is 1.49. The lowest BCUT2D eigenvalue weighted by Gasteiger charge is -2.07. The van der Waals surface area contributed by atoms with Gasteiger partial charge in [-0.2, -0.15) is 0 Å². The molecule has 0 bridgehead atoms. The molecule has 0 spiro atoms. The van der Waals surface area contributed by atoms with Crippen LogP contribution >= 0.6 is 11.8 Å². The van der Waals surface area contributed by atoms with E-state index >= 15 is 0 Å². The summed E-state index contributed by atoms with van der Waals surface area (Å²) in [5, 5.41) is 22.2. The van der Waals surface area contributed by atoms with Crippen molar-refractivity contribution in [3.8, 4) is 39.8 Å². The largest absolute Gasteiger partial charge is 0.497 e. The lowest BCUT2D eigenvalue weighted by atomic mass is 10.1. The molecule has 0 amide bonds. The van der Waals surface area contributed by atoms with Crippen molar-refractivity contribution >= 4 is 11.8 Å². The van der Waals surface area contributed by atoms with Gasteiger partial charge in [-0.05, 0) is 38.1 Å². The van der Waals surface area contributed by atoms with E-state index in [1.54, 1.807) is 7.11 Å². The fraction of sp³-hybridized carbons (Fsp3) is 0.208. The van der Waals surface area contributed by atoms with Crippen LogP contribution < -0.4 is 4.74 Å². The minimum Gasteiger partial charge on any atom is -0.497 e. The number of benzene rings is 2. The molecule has 0 aliphatic carbocycles. The molecule has 9 nitrogen and oxygen atoms in total. The fourth-order valence-electron chi connectivity index (χ4n) is 3.59. The molecular weight excluding hydrogens is 452 g/mol. The molecule has 2 aromatic carbocycles. The van der Waals surface area contributed by atoms with E-state index in [2.05, 4.69) is 37.0 Å². The predicted molar refractivity (Wildman–Crippen MR) is 127 cm³/mol. The van der Waals surface area contributed by atoms with Crippen molar-refractivity contribution < 1.29 is 13.7 Å². The van der Waals surface area contributed by atoms with Crippen LogP contribution in [0.2, 0.25) is 0 Å². The van der Waals surface area contributed by atoms with E-state index in [1.165, 1.54) is 11.8 Å². The van der Waals surface area contributed by atoms with Crippen LogP contribution in [0.1, 0.15) is 18.6 Å². The summed E-state index contributed by atoms with van der Waals surface area (Å²) in [7, 11) is 1.65. The monoisotopic (exact) mass is 474 g/mol. The zero-order valence-electron chi connectivity index (χ0n) is 18.9. The van der Waals surface area contributed by atoms with Gasteiger partial charge < -0.3 is 18.2 Å². The van der Waals surface area contributed by atoms with Crippen molar-refractivity contribution in [3.63, 3.8) is 0 Å². The quantitative estimate of drug-likeness (QED) is 0.278. The summed E-state index contributed by atoms with van der Waals surface area (Å²) in [5.41, 5.74) is 3.27. The molecule has 0 saturated heterocycles. The molecule has 0 unspecified atom stereocenters. The Balaban J connectivity index is 1.35. The molecule has 5 aromatic rings. The second kappa shape index (κ2) is 9.52. The van der Waals surface area contributed by atoms with Crippen molar-refractivity contribution in [1.29, 1.82) is 0 Å². The average Bonchev–Trinajstić information content (AvgIpc) is 3.61. The van der Waals surface area contributed by atoms with Crippen LogP contribution in [-0.4, -0.2) is 37.2 Å². The summed E-state index contributed by atoms with van der Waals surface area (Å²) in [4.78, 5) is 0. The number of methoxy groups -OCH3 is 1. The number of ether oxygens (including phenoxy) is 1. The first kappa shape index (κ1) is 21.9. The third kappa shape index (κ3) is 4.19. The first-order valence-corrected chi connectivity index (χ1v) is 11.7. The van der Waals surface area contributed by atoms with Gasteiger partial charge in [0.1, 0.15) is 22.8 Å². The minimum absolute atomic E-state index is 0.379. The summed E-state index contributed by atoms with van der Waals surface area (Å²) in [6.45, 7) is 4.62. The van der Waals surface area contributed by atoms with Crippen LogP contribution in [-0.2, 0) is 12.3 Å². The molecular formula is C24H22N6O3S. The lowest BCUT2D eigenvalue weighted by Crippen LogP contribution is -2.00. The highest BCUT2D eigenvalue weighted by Crippen LogP contribution is 2.34. The number of aromatic nitrogens is 6. The van der Waals surface area contributed by atoms with Gasteiger partial charge in [0.2, 0.25) is 5.89 Å². The zero-order valence-corrected chi connectivity index (χ0v) is 19.7. The number of thioether (sulfide) groups is 1. The molecule has 3 aromatic heterocycles. The van der Waals surface area contributed by atoms with Gasteiger partial charge in [-0.15, -0.1) is 20.4 Å². The van der Waals surface area contributed by atoms with Gasteiger partial charge in [0.25, 0.3) is 5.89 Å². The van der Waals surface area contributed by atoms with E-state index in [9.17, 15) is 0 Å². The summed E-state index contributed by atoms with van der Waals surface area (Å²) in [6.07, 6.45) is 0. The van der Waals surface area contributed by atoms with E-state index in [0.717, 1.165) is 34.4 Å². The van der Waals surface area contributed by atoms with E-state index < -0.39 is 0 Å². The highest BCUT2D eigenvalue weighted by Gasteiger charge is 2.22. The van der Waals surface area contributed by atoms with E-state index in [4.69, 9.17) is 13.7 Å². The number of nitrogens with zero attached hydrogens (tertiary/aromatic N) is 6. The topological polar surface area (TPSA) is 105 Å². The summed E-state index contributed by atoms with van der Waals surface area (Å²) in [6, 6.07) is 17.5. The second-order valence-corrected chi connectivity index (χ2v) is 8.34. The third-order valence-electron chi connectivity index (χ3n) is 5.30. The fourth-order valence-corrected chi connectivity index (χ4v) is 4.43. The molecule has 5 rings (SSSR count). The minimum atomic E-state index is 0.379. The van der Waals surface area contributed by atoms with E-state index in [-0.39, 0.29) is 0 Å². The van der Waals surface area contributed by atoms with Crippen molar-refractivity contribution in [2.45, 2.75) is 31.3 Å². The molecule has 3 heterocycles. The Morgan fingerprint density at radius 1 is 0.941 bits per heavy atom. The Hall–Kier alpha value is -3.92. The Morgan fingerprint density at radius 2 is 1.74 bits per heavy atom. The van der Waals surface area contributed by atoms with Gasteiger partial charge in [-0.1, -0.05) is 47.3 Å². The van der Waals surface area contributed by atoms with Crippen molar-refractivity contribution in [2.24, 2.45) is 0 Å². The molecule has 0 aliphatic heterocycles. The molecule has 10 heteroatoms. The average molecular weight is 475 g/mol. The Morgan fingerprint density at radius 3 is 2.47 bits per heavy atom. The maximum absolute atomic E-state index is 5.97. The Kier molecular flexibility index (Phi) is 6.13. The van der Waals surface area contributed by atoms with Crippen LogP contribution in [0.25, 0.3) is 34.1 Å². The second-order valence-electron chi connectivity index (χ2n) is 7.40. The first-order valence-electron chi connectivity index (χ1n) is 10.7. The molecule has 172 valence electrons. The highest BCUT2D eigenvalue weighted by molar-refractivity contribution is 7.98. The summed E-state index contributed by atoms with van der Waals surface area (Å²) in [5.74, 6) is 3.54. The Bertz CT molecular complexity index is 1390. The number of hydrogen-bond acceptors (Lipinski definition) is 9. The Labute approximate surface area is 200 Å². The summed E-state index contributed by atoms with van der Waals surface area (Å²) < 4.78 is 18.7. The van der Waals surface area contributed by atoms with Crippen LogP contribution in [0.15, 0.2) is 68.7 Å². The van der Waals surface area contributed by atoms with Gasteiger partial charge in [0.05, 0.1) is 12.9 Å². The van der Waals surface area contributed by atoms with Gasteiger partial charge >= 0.3 is 0 Å². The van der Waals surface area contributed by atoms with Gasteiger partial charge in [-0.3, -0.25) is 0 Å². The van der Waals surface area contributed by atoms with E-state index in [1.807, 2.05) is 61.5 Å². The van der Waals surface area contributed by atoms with Crippen molar-refractivity contribution in [2.75, 3.05) is 7.11 Å². The van der Waals surface area contributed by atoms with Crippen LogP contribution in [0.5, 0.6) is 5.75 Å².